The monoisotopic (exact) mass is 390 g/mol. The standard InChI is InChI=1S/C20H23FN2O3S/c21-18-6-8-19(9-7-18)27(25,26)22-13-10-16-11-14-23(15-12-16)20(24)17-4-2-1-3-5-17/h1-9,16,22H,10-15H2. The van der Waals surface area contributed by atoms with Crippen molar-refractivity contribution in [2.45, 2.75) is 24.2 Å². The number of carbonyl (C=O) groups is 1. The van der Waals surface area contributed by atoms with Crippen LogP contribution in [0.5, 0.6) is 0 Å². The van der Waals surface area contributed by atoms with Gasteiger partial charge in [-0.3, -0.25) is 4.79 Å². The number of sulfonamides is 1. The Morgan fingerprint density at radius 2 is 1.67 bits per heavy atom. The van der Waals surface area contributed by atoms with Crippen molar-refractivity contribution in [2.24, 2.45) is 5.92 Å². The Morgan fingerprint density at radius 3 is 2.30 bits per heavy atom. The molecule has 2 aromatic carbocycles. The predicted octanol–water partition coefficient (Wildman–Crippen LogP) is 3.05. The number of benzene rings is 2. The number of hydrogen-bond donors (Lipinski definition) is 1. The summed E-state index contributed by atoms with van der Waals surface area (Å²) >= 11 is 0. The summed E-state index contributed by atoms with van der Waals surface area (Å²) in [7, 11) is -3.62. The zero-order valence-corrected chi connectivity index (χ0v) is 15.8. The molecule has 0 unspecified atom stereocenters. The van der Waals surface area contributed by atoms with E-state index in [2.05, 4.69) is 4.72 Å². The highest BCUT2D eigenvalue weighted by Crippen LogP contribution is 2.22. The molecule has 2 aromatic rings. The molecule has 1 fully saturated rings. The van der Waals surface area contributed by atoms with Gasteiger partial charge in [0.1, 0.15) is 5.82 Å². The lowest BCUT2D eigenvalue weighted by atomic mass is 9.93. The normalized spacial score (nSPS) is 15.7. The summed E-state index contributed by atoms with van der Waals surface area (Å²) in [6, 6.07) is 14.0. The maximum absolute atomic E-state index is 12.9. The number of likely N-dealkylation sites (tertiary alicyclic amines) is 1. The van der Waals surface area contributed by atoms with Crippen LogP contribution in [0.1, 0.15) is 29.6 Å². The van der Waals surface area contributed by atoms with E-state index in [1.54, 1.807) is 0 Å². The summed E-state index contributed by atoms with van der Waals surface area (Å²) in [5, 5.41) is 0. The quantitative estimate of drug-likeness (QED) is 0.824. The molecule has 144 valence electrons. The number of piperidine rings is 1. The Labute approximate surface area is 159 Å². The molecule has 1 amide bonds. The lowest BCUT2D eigenvalue weighted by molar-refractivity contribution is 0.0687. The van der Waals surface area contributed by atoms with E-state index in [9.17, 15) is 17.6 Å². The molecule has 0 aromatic heterocycles. The average Bonchev–Trinajstić information content (AvgIpc) is 2.69. The molecule has 1 saturated heterocycles. The van der Waals surface area contributed by atoms with Crippen molar-refractivity contribution in [2.75, 3.05) is 19.6 Å². The number of hydrogen-bond acceptors (Lipinski definition) is 3. The van der Waals surface area contributed by atoms with Gasteiger partial charge in [-0.05, 0) is 61.6 Å². The van der Waals surface area contributed by atoms with Gasteiger partial charge in [0.2, 0.25) is 10.0 Å². The summed E-state index contributed by atoms with van der Waals surface area (Å²) in [5.41, 5.74) is 0.697. The Kier molecular flexibility index (Phi) is 6.23. The molecule has 1 aliphatic heterocycles. The van der Waals surface area contributed by atoms with E-state index in [1.807, 2.05) is 35.2 Å². The van der Waals surface area contributed by atoms with Crippen molar-refractivity contribution in [3.63, 3.8) is 0 Å². The summed E-state index contributed by atoms with van der Waals surface area (Å²) in [6.45, 7) is 1.70. The van der Waals surface area contributed by atoms with Gasteiger partial charge in [-0.15, -0.1) is 0 Å². The highest BCUT2D eigenvalue weighted by atomic mass is 32.2. The molecule has 3 rings (SSSR count). The molecule has 0 radical (unpaired) electrons. The molecular weight excluding hydrogens is 367 g/mol. The number of amides is 1. The maximum atomic E-state index is 12.9. The number of nitrogens with one attached hydrogen (secondary N) is 1. The highest BCUT2D eigenvalue weighted by molar-refractivity contribution is 7.89. The second-order valence-corrected chi connectivity index (χ2v) is 8.51. The van der Waals surface area contributed by atoms with Crippen LogP contribution in [0.3, 0.4) is 0 Å². The van der Waals surface area contributed by atoms with Gasteiger partial charge in [-0.2, -0.15) is 0 Å². The molecule has 0 atom stereocenters. The molecule has 0 bridgehead atoms. The van der Waals surface area contributed by atoms with Crippen LogP contribution in [0.2, 0.25) is 0 Å². The van der Waals surface area contributed by atoms with Gasteiger partial charge >= 0.3 is 0 Å². The second kappa shape index (κ2) is 8.63. The smallest absolute Gasteiger partial charge is 0.253 e. The topological polar surface area (TPSA) is 66.5 Å². The van der Waals surface area contributed by atoms with Crippen LogP contribution in [0.25, 0.3) is 0 Å². The van der Waals surface area contributed by atoms with E-state index >= 15 is 0 Å². The molecule has 1 N–H and O–H groups in total. The Morgan fingerprint density at radius 1 is 1.04 bits per heavy atom. The van der Waals surface area contributed by atoms with Gasteiger partial charge in [-0.1, -0.05) is 18.2 Å². The zero-order valence-electron chi connectivity index (χ0n) is 15.0. The zero-order chi connectivity index (χ0) is 19.3. The number of rotatable bonds is 6. The minimum Gasteiger partial charge on any atom is -0.339 e. The van der Waals surface area contributed by atoms with E-state index in [1.165, 1.54) is 12.1 Å². The summed E-state index contributed by atoms with van der Waals surface area (Å²) < 4.78 is 39.9. The minimum absolute atomic E-state index is 0.0473. The van der Waals surface area contributed by atoms with Crippen LogP contribution in [0.15, 0.2) is 59.5 Å². The lowest BCUT2D eigenvalue weighted by Gasteiger charge is -2.32. The average molecular weight is 390 g/mol. The largest absolute Gasteiger partial charge is 0.339 e. The first-order valence-electron chi connectivity index (χ1n) is 9.05. The first-order valence-corrected chi connectivity index (χ1v) is 10.5. The molecule has 1 aliphatic rings. The summed E-state index contributed by atoms with van der Waals surface area (Å²) in [6.07, 6.45) is 2.43. The molecule has 7 heteroatoms. The first kappa shape index (κ1) is 19.5. The molecule has 5 nitrogen and oxygen atoms in total. The van der Waals surface area contributed by atoms with Crippen molar-refractivity contribution in [1.29, 1.82) is 0 Å². The summed E-state index contributed by atoms with van der Waals surface area (Å²) in [5.74, 6) is -0.0439. The third-order valence-corrected chi connectivity index (χ3v) is 6.37. The van der Waals surface area contributed by atoms with Gasteiger partial charge in [0.25, 0.3) is 5.91 Å². The molecule has 0 spiro atoms. The molecule has 27 heavy (non-hydrogen) atoms. The minimum atomic E-state index is -3.62. The van der Waals surface area contributed by atoms with Crippen LogP contribution >= 0.6 is 0 Å². The van der Waals surface area contributed by atoms with Gasteiger partial charge < -0.3 is 4.90 Å². The van der Waals surface area contributed by atoms with Gasteiger partial charge in [0, 0.05) is 25.2 Å². The second-order valence-electron chi connectivity index (χ2n) is 6.74. The van der Waals surface area contributed by atoms with Crippen molar-refractivity contribution in [3.05, 3.63) is 66.0 Å². The first-order chi connectivity index (χ1) is 13.0. The highest BCUT2D eigenvalue weighted by Gasteiger charge is 2.24. The van der Waals surface area contributed by atoms with E-state index < -0.39 is 15.8 Å². The number of nitrogens with zero attached hydrogens (tertiary/aromatic N) is 1. The molecule has 0 aliphatic carbocycles. The molecule has 1 heterocycles. The van der Waals surface area contributed by atoms with Gasteiger partial charge in [0.15, 0.2) is 0 Å². The van der Waals surface area contributed by atoms with Crippen molar-refractivity contribution in [3.8, 4) is 0 Å². The van der Waals surface area contributed by atoms with Crippen LogP contribution in [-0.4, -0.2) is 38.9 Å². The fourth-order valence-electron chi connectivity index (χ4n) is 3.28. The van der Waals surface area contributed by atoms with Crippen molar-refractivity contribution < 1.29 is 17.6 Å². The van der Waals surface area contributed by atoms with Crippen LogP contribution in [0.4, 0.5) is 4.39 Å². The number of carbonyl (C=O) groups excluding carboxylic acids is 1. The molecular formula is C20H23FN2O3S. The Bertz CT molecular complexity index is 862. The fourth-order valence-corrected chi connectivity index (χ4v) is 4.33. The Balaban J connectivity index is 1.44. The fraction of sp³-hybridized carbons (Fsp3) is 0.350. The summed E-state index contributed by atoms with van der Waals surface area (Å²) in [4.78, 5) is 14.4. The maximum Gasteiger partial charge on any atom is 0.253 e. The SMILES string of the molecule is O=C(c1ccccc1)N1CCC(CCNS(=O)(=O)c2ccc(F)cc2)CC1. The third-order valence-electron chi connectivity index (χ3n) is 4.89. The van der Waals surface area contributed by atoms with Crippen LogP contribution in [-0.2, 0) is 10.0 Å². The van der Waals surface area contributed by atoms with Crippen LogP contribution in [0, 0.1) is 11.7 Å². The van der Waals surface area contributed by atoms with E-state index in [-0.39, 0.29) is 10.8 Å². The predicted molar refractivity (Wildman–Crippen MR) is 101 cm³/mol. The van der Waals surface area contributed by atoms with Crippen molar-refractivity contribution in [1.82, 2.24) is 9.62 Å². The van der Waals surface area contributed by atoms with Gasteiger partial charge in [0.05, 0.1) is 4.90 Å². The van der Waals surface area contributed by atoms with E-state index in [0.29, 0.717) is 37.5 Å². The molecule has 0 saturated carbocycles. The lowest BCUT2D eigenvalue weighted by Crippen LogP contribution is -2.39. The van der Waals surface area contributed by atoms with Gasteiger partial charge in [-0.25, -0.2) is 17.5 Å². The van der Waals surface area contributed by atoms with Crippen LogP contribution < -0.4 is 4.72 Å². The Hall–Kier alpha value is -2.25. The van der Waals surface area contributed by atoms with Crippen molar-refractivity contribution >= 4 is 15.9 Å². The third kappa shape index (κ3) is 5.14. The van der Waals surface area contributed by atoms with E-state index in [4.69, 9.17) is 0 Å². The number of halogens is 1. The van der Waals surface area contributed by atoms with E-state index in [0.717, 1.165) is 25.0 Å².